The molecular weight excluding hydrogens is 294 g/mol. The lowest BCUT2D eigenvalue weighted by molar-refractivity contribution is 0.197. The fourth-order valence-corrected chi connectivity index (χ4v) is 4.78. The maximum Gasteiger partial charge on any atom is 0.226 e. The Balaban J connectivity index is 1.73. The van der Waals surface area contributed by atoms with Gasteiger partial charge in [0.15, 0.2) is 5.82 Å². The van der Waals surface area contributed by atoms with Gasteiger partial charge in [0.1, 0.15) is 5.25 Å². The van der Waals surface area contributed by atoms with Crippen LogP contribution in [0.15, 0.2) is 4.52 Å². The molecule has 0 radical (unpaired) electrons. The van der Waals surface area contributed by atoms with E-state index in [0.29, 0.717) is 50.9 Å². The van der Waals surface area contributed by atoms with Crippen molar-refractivity contribution in [3.63, 3.8) is 0 Å². The van der Waals surface area contributed by atoms with Crippen LogP contribution in [0.1, 0.15) is 43.8 Å². The van der Waals surface area contributed by atoms with Crippen LogP contribution in [0.5, 0.6) is 0 Å². The smallest absolute Gasteiger partial charge is 0.226 e. The normalized spacial score (nSPS) is 28.0. The molecule has 1 aromatic rings. The second-order valence-corrected chi connectivity index (χ2v) is 7.84. The van der Waals surface area contributed by atoms with Gasteiger partial charge in [0.25, 0.3) is 0 Å². The molecule has 2 aliphatic rings. The first kappa shape index (κ1) is 14.9. The van der Waals surface area contributed by atoms with Crippen molar-refractivity contribution in [3.8, 4) is 0 Å². The molecule has 1 aromatic heterocycles. The van der Waals surface area contributed by atoms with Crippen LogP contribution in [0.25, 0.3) is 0 Å². The molecule has 0 saturated carbocycles. The Morgan fingerprint density at radius 2 is 2.24 bits per heavy atom. The van der Waals surface area contributed by atoms with E-state index in [0.717, 1.165) is 12.8 Å². The number of ether oxygens (including phenoxy) is 1. The molecule has 8 heteroatoms. The molecule has 2 fully saturated rings. The zero-order valence-corrected chi connectivity index (χ0v) is 13.0. The first-order valence-corrected chi connectivity index (χ1v) is 9.00. The summed E-state index contributed by atoms with van der Waals surface area (Å²) in [6, 6.07) is 0. The highest BCUT2D eigenvalue weighted by Gasteiger charge is 2.38. The van der Waals surface area contributed by atoms with Crippen molar-refractivity contribution in [2.45, 2.75) is 43.8 Å². The predicted molar refractivity (Wildman–Crippen MR) is 75.4 cm³/mol. The van der Waals surface area contributed by atoms with Crippen molar-refractivity contribution >= 4 is 10.0 Å². The number of aryl methyl sites for hydroxylation is 1. The van der Waals surface area contributed by atoms with Gasteiger partial charge in [-0.25, -0.2) is 12.7 Å². The van der Waals surface area contributed by atoms with Crippen LogP contribution in [-0.4, -0.2) is 54.4 Å². The Kier molecular flexibility index (Phi) is 4.28. The van der Waals surface area contributed by atoms with Gasteiger partial charge in [-0.15, -0.1) is 0 Å². The average molecular weight is 315 g/mol. The maximum atomic E-state index is 12.6. The number of rotatable bonds is 4. The molecule has 21 heavy (non-hydrogen) atoms. The minimum absolute atomic E-state index is 0.0277. The third kappa shape index (κ3) is 2.97. The molecule has 0 amide bonds. The summed E-state index contributed by atoms with van der Waals surface area (Å²) in [5.74, 6) is 1.27. The molecule has 3 rings (SSSR count). The van der Waals surface area contributed by atoms with Crippen molar-refractivity contribution < 1.29 is 17.7 Å². The molecule has 118 valence electrons. The van der Waals surface area contributed by atoms with E-state index in [-0.39, 0.29) is 5.92 Å². The van der Waals surface area contributed by atoms with E-state index in [1.165, 1.54) is 0 Å². The Hall–Kier alpha value is -0.990. The van der Waals surface area contributed by atoms with Crippen LogP contribution in [-0.2, 0) is 21.2 Å². The minimum Gasteiger partial charge on any atom is -0.380 e. The van der Waals surface area contributed by atoms with Gasteiger partial charge in [0.05, 0.1) is 6.61 Å². The fraction of sp³-hybridized carbons (Fsp3) is 0.846. The predicted octanol–water partition coefficient (Wildman–Crippen LogP) is 0.930. The summed E-state index contributed by atoms with van der Waals surface area (Å²) in [5.41, 5.74) is 0. The number of piperidine rings is 1. The first-order valence-electron chi connectivity index (χ1n) is 7.50. The minimum atomic E-state index is -3.28. The summed E-state index contributed by atoms with van der Waals surface area (Å²) in [7, 11) is -3.28. The van der Waals surface area contributed by atoms with E-state index in [1.54, 1.807) is 4.31 Å². The lowest BCUT2D eigenvalue weighted by atomic mass is 9.99. The maximum absolute atomic E-state index is 12.6. The lowest BCUT2D eigenvalue weighted by Gasteiger charge is -2.32. The zero-order valence-electron chi connectivity index (χ0n) is 12.2. The highest BCUT2D eigenvalue weighted by Crippen LogP contribution is 2.29. The fourth-order valence-electron chi connectivity index (χ4n) is 2.92. The van der Waals surface area contributed by atoms with Crippen molar-refractivity contribution in [1.29, 1.82) is 0 Å². The molecule has 0 N–H and O–H groups in total. The molecule has 2 aliphatic heterocycles. The van der Waals surface area contributed by atoms with Gasteiger partial charge in [-0.3, -0.25) is 0 Å². The Morgan fingerprint density at radius 1 is 1.38 bits per heavy atom. The molecule has 3 heterocycles. The molecule has 0 bridgehead atoms. The highest BCUT2D eigenvalue weighted by molar-refractivity contribution is 7.89. The molecule has 2 atom stereocenters. The molecule has 0 spiro atoms. The van der Waals surface area contributed by atoms with Crippen LogP contribution < -0.4 is 0 Å². The van der Waals surface area contributed by atoms with Gasteiger partial charge >= 0.3 is 0 Å². The van der Waals surface area contributed by atoms with Gasteiger partial charge < -0.3 is 9.26 Å². The number of sulfonamides is 1. The third-order valence-corrected chi connectivity index (χ3v) is 6.47. The highest BCUT2D eigenvalue weighted by atomic mass is 32.2. The van der Waals surface area contributed by atoms with E-state index in [4.69, 9.17) is 9.26 Å². The lowest BCUT2D eigenvalue weighted by Crippen LogP contribution is -2.44. The average Bonchev–Trinajstić information content (AvgIpc) is 3.19. The summed E-state index contributed by atoms with van der Waals surface area (Å²) in [5, 5.41) is 3.60. The van der Waals surface area contributed by atoms with Crippen LogP contribution in [0.2, 0.25) is 0 Å². The Bertz CT molecular complexity index is 580. The van der Waals surface area contributed by atoms with Crippen molar-refractivity contribution in [2.75, 3.05) is 26.3 Å². The second kappa shape index (κ2) is 6.02. The number of hydrogen-bond donors (Lipinski definition) is 0. The standard InChI is InChI=1S/C13H21N3O4S/c1-2-12-14-13(15-20-12)10-4-3-6-16(8-10)21(17,18)11-5-7-19-9-11/h10-11H,2-9H2,1H3/t10-,11+/m0/s1. The van der Waals surface area contributed by atoms with E-state index >= 15 is 0 Å². The van der Waals surface area contributed by atoms with Crippen LogP contribution in [0.3, 0.4) is 0 Å². The molecule has 0 aromatic carbocycles. The molecule has 7 nitrogen and oxygen atoms in total. The van der Waals surface area contributed by atoms with E-state index < -0.39 is 15.3 Å². The Morgan fingerprint density at radius 3 is 2.90 bits per heavy atom. The molecule has 0 unspecified atom stereocenters. The second-order valence-electron chi connectivity index (χ2n) is 5.63. The van der Waals surface area contributed by atoms with Gasteiger partial charge in [0.2, 0.25) is 15.9 Å². The molecular formula is C13H21N3O4S. The quantitative estimate of drug-likeness (QED) is 0.821. The van der Waals surface area contributed by atoms with Gasteiger partial charge in [-0.2, -0.15) is 4.98 Å². The van der Waals surface area contributed by atoms with Crippen LogP contribution >= 0.6 is 0 Å². The molecule has 0 aliphatic carbocycles. The summed E-state index contributed by atoms with van der Waals surface area (Å²) >= 11 is 0. The topological polar surface area (TPSA) is 85.5 Å². The van der Waals surface area contributed by atoms with Crippen LogP contribution in [0.4, 0.5) is 0 Å². The van der Waals surface area contributed by atoms with E-state index in [1.807, 2.05) is 6.92 Å². The number of hydrogen-bond acceptors (Lipinski definition) is 6. The largest absolute Gasteiger partial charge is 0.380 e. The zero-order chi connectivity index (χ0) is 14.9. The van der Waals surface area contributed by atoms with Gasteiger partial charge in [-0.1, -0.05) is 12.1 Å². The van der Waals surface area contributed by atoms with Crippen molar-refractivity contribution in [2.24, 2.45) is 0 Å². The van der Waals surface area contributed by atoms with Gasteiger partial charge in [0, 0.05) is 32.0 Å². The molecule has 2 saturated heterocycles. The van der Waals surface area contributed by atoms with Gasteiger partial charge in [-0.05, 0) is 19.3 Å². The number of aromatic nitrogens is 2. The van der Waals surface area contributed by atoms with Crippen LogP contribution in [0, 0.1) is 0 Å². The first-order chi connectivity index (χ1) is 10.1. The SMILES string of the molecule is CCc1nc([C@H]2CCCN(S(=O)(=O)[C@@H]3CCOC3)C2)no1. The third-order valence-electron chi connectivity index (χ3n) is 4.20. The Labute approximate surface area is 124 Å². The monoisotopic (exact) mass is 315 g/mol. The van der Waals surface area contributed by atoms with E-state index in [9.17, 15) is 8.42 Å². The van der Waals surface area contributed by atoms with Crippen molar-refractivity contribution in [3.05, 3.63) is 11.7 Å². The van der Waals surface area contributed by atoms with Crippen molar-refractivity contribution in [1.82, 2.24) is 14.4 Å². The number of nitrogens with zero attached hydrogens (tertiary/aromatic N) is 3. The summed E-state index contributed by atoms with van der Waals surface area (Å²) in [6.45, 7) is 3.82. The summed E-state index contributed by atoms with van der Waals surface area (Å²) < 4.78 is 37.2. The van der Waals surface area contributed by atoms with E-state index in [2.05, 4.69) is 10.1 Å². The summed E-state index contributed by atoms with van der Waals surface area (Å²) in [6.07, 6.45) is 3.01. The summed E-state index contributed by atoms with van der Waals surface area (Å²) in [4.78, 5) is 4.34.